The van der Waals surface area contributed by atoms with E-state index in [1.165, 1.54) is 6.07 Å². The number of primary amides is 1. The number of sulfonamides is 1. The zero-order valence-corrected chi connectivity index (χ0v) is 19.9. The quantitative estimate of drug-likeness (QED) is 0.560. The molecule has 180 valence electrons. The molecule has 0 aromatic heterocycles. The number of fused-ring (bicyclic) bond motifs is 1. The van der Waals surface area contributed by atoms with E-state index >= 15 is 0 Å². The Hall–Kier alpha value is -2.69. The molecule has 1 unspecified atom stereocenters. The first-order valence-electron chi connectivity index (χ1n) is 10.9. The number of nitrogens with two attached hydrogens (primary N) is 1. The van der Waals surface area contributed by atoms with Crippen molar-refractivity contribution in [3.63, 3.8) is 0 Å². The lowest BCUT2D eigenvalue weighted by Crippen LogP contribution is -2.40. The molecule has 4 N–H and O–H groups in total. The van der Waals surface area contributed by atoms with Crippen LogP contribution in [0.2, 0.25) is 0 Å². The molecular formula is C23H31N3O6S. The van der Waals surface area contributed by atoms with Gasteiger partial charge in [0.25, 0.3) is 5.91 Å². The number of hydrogen-bond donors (Lipinski definition) is 3. The van der Waals surface area contributed by atoms with Crippen LogP contribution in [0.3, 0.4) is 0 Å². The molecular weight excluding hydrogens is 446 g/mol. The minimum absolute atomic E-state index is 0.109. The second-order valence-electron chi connectivity index (χ2n) is 9.22. The summed E-state index contributed by atoms with van der Waals surface area (Å²) in [5.74, 6) is -0.351. The SMILES string of the molecule is CC(C)(C)NS(=O)(=O)c1cccc2c(NC(=O)C(CC3CCOCC3)OC(N)=O)cccc12. The lowest BCUT2D eigenvalue weighted by Gasteiger charge is -2.26. The molecule has 2 aromatic rings. The molecule has 1 saturated heterocycles. The summed E-state index contributed by atoms with van der Waals surface area (Å²) in [7, 11) is -3.80. The van der Waals surface area contributed by atoms with Crippen LogP contribution in [0.5, 0.6) is 0 Å². The predicted octanol–water partition coefficient (Wildman–Crippen LogP) is 3.14. The van der Waals surface area contributed by atoms with Crippen LogP contribution < -0.4 is 15.8 Å². The second kappa shape index (κ2) is 10.1. The van der Waals surface area contributed by atoms with Crippen LogP contribution in [0.4, 0.5) is 10.5 Å². The van der Waals surface area contributed by atoms with Gasteiger partial charge in [0.2, 0.25) is 10.0 Å². The Balaban J connectivity index is 1.90. The van der Waals surface area contributed by atoms with E-state index in [2.05, 4.69) is 10.0 Å². The van der Waals surface area contributed by atoms with Crippen LogP contribution in [-0.4, -0.2) is 45.3 Å². The summed E-state index contributed by atoms with van der Waals surface area (Å²) >= 11 is 0. The van der Waals surface area contributed by atoms with Crippen LogP contribution in [0, 0.1) is 5.92 Å². The van der Waals surface area contributed by atoms with Crippen LogP contribution in [0.1, 0.15) is 40.0 Å². The highest BCUT2D eigenvalue weighted by atomic mass is 32.2. The molecule has 2 amide bonds. The van der Waals surface area contributed by atoms with E-state index in [4.69, 9.17) is 15.2 Å². The molecule has 0 bridgehead atoms. The van der Waals surface area contributed by atoms with Crippen LogP contribution in [0.15, 0.2) is 41.3 Å². The number of anilines is 1. The van der Waals surface area contributed by atoms with Crippen molar-refractivity contribution in [3.05, 3.63) is 36.4 Å². The molecule has 1 heterocycles. The summed E-state index contributed by atoms with van der Waals surface area (Å²) in [5.41, 5.74) is 4.95. The molecule has 0 saturated carbocycles. The highest BCUT2D eigenvalue weighted by Gasteiger charge is 2.28. The molecule has 1 aliphatic heterocycles. The molecule has 33 heavy (non-hydrogen) atoms. The molecule has 1 aliphatic rings. The molecule has 2 aromatic carbocycles. The molecule has 0 aliphatic carbocycles. The van der Waals surface area contributed by atoms with Crippen molar-refractivity contribution in [1.29, 1.82) is 0 Å². The van der Waals surface area contributed by atoms with E-state index in [1.54, 1.807) is 51.1 Å². The summed E-state index contributed by atoms with van der Waals surface area (Å²) in [5, 5.41) is 3.80. The van der Waals surface area contributed by atoms with E-state index in [0.717, 1.165) is 12.8 Å². The summed E-state index contributed by atoms with van der Waals surface area (Å²) in [4.78, 5) is 24.6. The molecule has 10 heteroatoms. The smallest absolute Gasteiger partial charge is 0.405 e. The van der Waals surface area contributed by atoms with Crippen molar-refractivity contribution in [1.82, 2.24) is 4.72 Å². The van der Waals surface area contributed by atoms with Gasteiger partial charge in [-0.25, -0.2) is 17.9 Å². The average Bonchev–Trinajstić information content (AvgIpc) is 2.72. The van der Waals surface area contributed by atoms with E-state index < -0.39 is 33.7 Å². The maximum Gasteiger partial charge on any atom is 0.405 e. The Morgan fingerprint density at radius 1 is 1.12 bits per heavy atom. The number of carbonyl (C=O) groups excluding carboxylic acids is 2. The van der Waals surface area contributed by atoms with Gasteiger partial charge in [0.15, 0.2) is 6.10 Å². The Kier molecular flexibility index (Phi) is 7.61. The first-order valence-corrected chi connectivity index (χ1v) is 12.3. The standard InChI is InChI=1S/C23H31N3O6S/c1-23(2,3)26-33(29,30)20-9-5-6-16-17(20)7-4-8-18(16)25-21(27)19(32-22(24)28)14-15-10-12-31-13-11-15/h4-9,15,19,26H,10-14H2,1-3H3,(H2,24,28)(H,25,27). The van der Waals surface area contributed by atoms with Crippen molar-refractivity contribution < 1.29 is 27.5 Å². The second-order valence-corrected chi connectivity index (χ2v) is 10.9. The lowest BCUT2D eigenvalue weighted by atomic mass is 9.93. The van der Waals surface area contributed by atoms with Gasteiger partial charge >= 0.3 is 6.09 Å². The first-order chi connectivity index (χ1) is 15.5. The number of amides is 2. The largest absolute Gasteiger partial charge is 0.436 e. The van der Waals surface area contributed by atoms with Gasteiger partial charge in [-0.3, -0.25) is 4.79 Å². The van der Waals surface area contributed by atoms with Crippen LogP contribution in [-0.2, 0) is 24.3 Å². The Labute approximate surface area is 194 Å². The van der Waals surface area contributed by atoms with Gasteiger partial charge in [-0.1, -0.05) is 24.3 Å². The maximum atomic E-state index is 13.0. The van der Waals surface area contributed by atoms with Crippen molar-refractivity contribution in [2.75, 3.05) is 18.5 Å². The molecule has 1 fully saturated rings. The van der Waals surface area contributed by atoms with Gasteiger partial charge in [0, 0.05) is 35.2 Å². The molecule has 0 radical (unpaired) electrons. The van der Waals surface area contributed by atoms with Gasteiger partial charge in [-0.05, 0) is 58.1 Å². The fourth-order valence-electron chi connectivity index (χ4n) is 3.93. The topological polar surface area (TPSA) is 137 Å². The van der Waals surface area contributed by atoms with E-state index in [9.17, 15) is 18.0 Å². The van der Waals surface area contributed by atoms with Crippen LogP contribution in [0.25, 0.3) is 10.8 Å². The number of carbonyl (C=O) groups is 2. The number of hydrogen-bond acceptors (Lipinski definition) is 6. The van der Waals surface area contributed by atoms with Crippen molar-refractivity contribution in [3.8, 4) is 0 Å². The monoisotopic (exact) mass is 477 g/mol. The summed E-state index contributed by atoms with van der Waals surface area (Å²) in [6, 6.07) is 9.88. The maximum absolute atomic E-state index is 13.0. The van der Waals surface area contributed by atoms with Gasteiger partial charge in [0.1, 0.15) is 0 Å². The van der Waals surface area contributed by atoms with Crippen molar-refractivity contribution in [2.45, 2.75) is 56.6 Å². The predicted molar refractivity (Wildman–Crippen MR) is 125 cm³/mol. The lowest BCUT2D eigenvalue weighted by molar-refractivity contribution is -0.125. The Bertz CT molecular complexity index is 1120. The summed E-state index contributed by atoms with van der Waals surface area (Å²) in [6.45, 7) is 6.48. The Morgan fingerprint density at radius 2 is 1.76 bits per heavy atom. The highest BCUT2D eigenvalue weighted by Crippen LogP contribution is 2.30. The minimum Gasteiger partial charge on any atom is -0.436 e. The van der Waals surface area contributed by atoms with Crippen molar-refractivity contribution in [2.24, 2.45) is 11.7 Å². The molecule has 9 nitrogen and oxygen atoms in total. The van der Waals surface area contributed by atoms with Crippen LogP contribution >= 0.6 is 0 Å². The third-order valence-electron chi connectivity index (χ3n) is 5.31. The third-order valence-corrected chi connectivity index (χ3v) is 7.13. The normalized spacial score (nSPS) is 16.3. The number of benzene rings is 2. The van der Waals surface area contributed by atoms with Gasteiger partial charge in [-0.15, -0.1) is 0 Å². The zero-order chi connectivity index (χ0) is 24.2. The summed E-state index contributed by atoms with van der Waals surface area (Å²) in [6.07, 6.45) is -0.223. The fraction of sp³-hybridized carbons (Fsp3) is 0.478. The van der Waals surface area contributed by atoms with Gasteiger partial charge in [-0.2, -0.15) is 0 Å². The average molecular weight is 478 g/mol. The Morgan fingerprint density at radius 3 is 2.39 bits per heavy atom. The summed E-state index contributed by atoms with van der Waals surface area (Å²) < 4.78 is 39.0. The number of nitrogens with one attached hydrogen (secondary N) is 2. The van der Waals surface area contributed by atoms with E-state index in [0.29, 0.717) is 36.1 Å². The molecule has 0 spiro atoms. The number of rotatable bonds is 7. The van der Waals surface area contributed by atoms with E-state index in [-0.39, 0.29) is 10.8 Å². The third kappa shape index (κ3) is 6.66. The van der Waals surface area contributed by atoms with Gasteiger partial charge < -0.3 is 20.5 Å². The first kappa shape index (κ1) is 24.9. The molecule has 1 atom stereocenters. The highest BCUT2D eigenvalue weighted by molar-refractivity contribution is 7.89. The van der Waals surface area contributed by atoms with Gasteiger partial charge in [0.05, 0.1) is 4.90 Å². The zero-order valence-electron chi connectivity index (χ0n) is 19.1. The minimum atomic E-state index is -3.80. The van der Waals surface area contributed by atoms with Crippen molar-refractivity contribution >= 4 is 38.5 Å². The number of ether oxygens (including phenoxy) is 2. The molecule has 3 rings (SSSR count). The fourth-order valence-corrected chi connectivity index (χ4v) is 5.57. The van der Waals surface area contributed by atoms with E-state index in [1.807, 2.05) is 0 Å².